The third kappa shape index (κ3) is 12.0. The molecular weight excluding hydrogens is 1280 g/mol. The molecule has 4 aromatic carbocycles. The quantitative estimate of drug-likeness (QED) is 0.138. The predicted molar refractivity (Wildman–Crippen MR) is 419 cm³/mol. The number of nitrogens with zero attached hydrogens (tertiary/aromatic N) is 8. The Kier molecular flexibility index (Phi) is 13.2. The van der Waals surface area contributed by atoms with Crippen LogP contribution in [0.1, 0.15) is 171 Å². The monoisotopic (exact) mass is 1390 g/mol. The highest BCUT2D eigenvalue weighted by Crippen LogP contribution is 2.44. The van der Waals surface area contributed by atoms with Gasteiger partial charge in [-0.2, -0.15) is 13.7 Å². The molecule has 0 spiro atoms. The minimum atomic E-state index is -3.40. The number of benzene rings is 4. The fraction of sp³-hybridized carbons (Fsp3) is 0.304. The number of rotatable bonds is 8. The van der Waals surface area contributed by atoms with Gasteiger partial charge in [0.15, 0.2) is 66.8 Å². The summed E-state index contributed by atoms with van der Waals surface area (Å²) < 4.78 is 155. The van der Waals surface area contributed by atoms with Crippen molar-refractivity contribution in [2.75, 3.05) is 0 Å². The van der Waals surface area contributed by atoms with Crippen LogP contribution >= 0.6 is 0 Å². The molecule has 12 heteroatoms. The van der Waals surface area contributed by atoms with E-state index in [0.717, 1.165) is 163 Å². The number of aryl methyl sites for hydroxylation is 10. The van der Waals surface area contributed by atoms with Crippen LogP contribution in [0.3, 0.4) is 0 Å². The molecule has 0 fully saturated rings. The minimum Gasteiger partial charge on any atom is -0.437 e. The van der Waals surface area contributed by atoms with Crippen molar-refractivity contribution >= 4 is 88.3 Å². The number of hydrogen-bond acceptors (Lipinski definition) is 8. The van der Waals surface area contributed by atoms with E-state index in [-0.39, 0.29) is 17.0 Å². The van der Waals surface area contributed by atoms with E-state index >= 15 is 0 Å². The average Bonchev–Trinajstić information content (AvgIpc) is 1.42. The van der Waals surface area contributed by atoms with E-state index in [1.165, 1.54) is 34.1 Å². The van der Waals surface area contributed by atoms with Gasteiger partial charge in [-0.15, -0.1) is 0 Å². The Balaban J connectivity index is 0.000000119. The third-order valence-electron chi connectivity index (χ3n) is 20.5. The Labute approximate surface area is 629 Å². The van der Waals surface area contributed by atoms with Crippen LogP contribution in [0, 0.1) is 80.0 Å². The fourth-order valence-electron chi connectivity index (χ4n) is 15.4. The summed E-state index contributed by atoms with van der Waals surface area (Å²) in [5.74, 6) is -3.86. The summed E-state index contributed by atoms with van der Waals surface area (Å²) in [6.07, 6.45) is 4.11. The lowest BCUT2D eigenvalue weighted by atomic mass is 9.96. The Morgan fingerprint density at radius 3 is 1.18 bits per heavy atom. The van der Waals surface area contributed by atoms with Crippen molar-refractivity contribution in [3.63, 3.8) is 0 Å². The summed E-state index contributed by atoms with van der Waals surface area (Å²) in [6, 6.07) is 40.7. The van der Waals surface area contributed by atoms with Crippen LogP contribution in [0.25, 0.3) is 133 Å². The minimum absolute atomic E-state index is 0.109. The smallest absolute Gasteiger partial charge is 0.227 e. The lowest BCUT2D eigenvalue weighted by Gasteiger charge is -2.11. The maximum Gasteiger partial charge on any atom is 0.227 e. The molecular formula is C92H94N8O4+4. The summed E-state index contributed by atoms with van der Waals surface area (Å²) in [6.45, 7) is 20.3. The van der Waals surface area contributed by atoms with Gasteiger partial charge in [0.1, 0.15) is 7.05 Å². The molecule has 12 aromatic heterocycles. The van der Waals surface area contributed by atoms with Gasteiger partial charge in [0.05, 0.1) is 22.3 Å². The zero-order valence-corrected chi connectivity index (χ0v) is 61.6. The molecule has 0 N–H and O–H groups in total. The molecule has 0 bridgehead atoms. The van der Waals surface area contributed by atoms with Crippen molar-refractivity contribution in [2.24, 2.45) is 24.8 Å². The highest BCUT2D eigenvalue weighted by molar-refractivity contribution is 6.12. The fourth-order valence-corrected chi connectivity index (χ4v) is 15.4. The number of aromatic nitrogens is 8. The molecule has 0 aliphatic carbocycles. The maximum atomic E-state index is 8.64. The summed E-state index contributed by atoms with van der Waals surface area (Å²) in [5.41, 5.74) is 27.1. The SMILES string of the molecule is Cc1ccc2c(n1)oc1c3c(ccc12)C[n+]1cc(CC(C)C)c(C)cc1-3.[2H]C([2H])([2H])C([2H])(C([2H])([2H])[2H])C([2H])([2H])c1c[n+]2c(cc1C)-c1c(ccc3c1oc1nc(C)ccc13)C2.[2H]C([2H])([2H])c1c[n+]2c(cc1C([2H])(C)C)-c1c(ccc3c1oc1nc(C)ccc13)C2.[2H]C([2H])(c1c[n+](C)c(-c2c(C)ccc3c2oc2nc(C)ccc23)cc1C)C(C)C. The molecule has 3 aliphatic rings. The van der Waals surface area contributed by atoms with Gasteiger partial charge in [-0.05, 0) is 200 Å². The molecule has 16 aromatic rings. The van der Waals surface area contributed by atoms with Crippen LogP contribution in [-0.2, 0) is 45.8 Å². The second kappa shape index (κ2) is 26.2. The second-order valence-electron chi connectivity index (χ2n) is 29.4. The first kappa shape index (κ1) is 52.3. The lowest BCUT2D eigenvalue weighted by molar-refractivity contribution is -0.672. The number of pyridine rings is 8. The Morgan fingerprint density at radius 1 is 0.394 bits per heavy atom. The van der Waals surface area contributed by atoms with Gasteiger partial charge >= 0.3 is 0 Å². The van der Waals surface area contributed by atoms with E-state index in [0.29, 0.717) is 52.9 Å². The predicted octanol–water partition coefficient (Wildman–Crippen LogP) is 20.9. The molecule has 19 rings (SSSR count). The summed E-state index contributed by atoms with van der Waals surface area (Å²) >= 11 is 0. The molecule has 12 nitrogen and oxygen atoms in total. The van der Waals surface area contributed by atoms with Crippen molar-refractivity contribution in [3.05, 3.63) is 236 Å². The molecule has 0 saturated heterocycles. The van der Waals surface area contributed by atoms with E-state index < -0.39 is 45.1 Å². The third-order valence-corrected chi connectivity index (χ3v) is 20.5. The van der Waals surface area contributed by atoms with Crippen molar-refractivity contribution in [1.82, 2.24) is 19.9 Å². The molecule has 3 aliphatic heterocycles. The highest BCUT2D eigenvalue weighted by Gasteiger charge is 2.36. The van der Waals surface area contributed by atoms with Crippen molar-refractivity contribution in [2.45, 2.75) is 162 Å². The van der Waals surface area contributed by atoms with E-state index in [1.54, 1.807) is 37.6 Å². The molecule has 522 valence electrons. The molecule has 15 heterocycles. The van der Waals surface area contributed by atoms with Gasteiger partial charge in [0.25, 0.3) is 0 Å². The number of hydrogen-bond donors (Lipinski definition) is 0. The second-order valence-corrected chi connectivity index (χ2v) is 29.4. The summed E-state index contributed by atoms with van der Waals surface area (Å²) in [5, 5.41) is 8.05. The molecule has 0 radical (unpaired) electrons. The largest absolute Gasteiger partial charge is 0.437 e. The van der Waals surface area contributed by atoms with E-state index in [2.05, 4.69) is 119 Å². The first-order valence-electron chi connectivity index (χ1n) is 43.2. The zero-order chi connectivity index (χ0) is 85.5. The van der Waals surface area contributed by atoms with Gasteiger partial charge in [-0.3, -0.25) is 0 Å². The highest BCUT2D eigenvalue weighted by atomic mass is 16.4. The Hall–Kier alpha value is -10.7. The van der Waals surface area contributed by atoms with Crippen LogP contribution in [0.4, 0.5) is 0 Å². The van der Waals surface area contributed by atoms with Crippen LogP contribution in [-0.4, -0.2) is 19.9 Å². The normalized spacial score (nSPS) is 15.6. The van der Waals surface area contributed by atoms with Gasteiger partial charge in [-0.25, -0.2) is 24.5 Å². The maximum absolute atomic E-state index is 8.64. The first-order chi connectivity index (χ1) is 55.7. The van der Waals surface area contributed by atoms with Crippen molar-refractivity contribution in [1.29, 1.82) is 0 Å². The number of furan rings is 4. The summed E-state index contributed by atoms with van der Waals surface area (Å²) in [7, 11) is 1.97. The van der Waals surface area contributed by atoms with E-state index in [1.807, 2.05) is 125 Å². The van der Waals surface area contributed by atoms with Gasteiger partial charge in [0, 0.05) is 150 Å². The van der Waals surface area contributed by atoms with Crippen molar-refractivity contribution < 1.29 is 56.5 Å². The van der Waals surface area contributed by atoms with Crippen LogP contribution < -0.4 is 18.3 Å². The Morgan fingerprint density at radius 2 is 0.769 bits per heavy atom. The van der Waals surface area contributed by atoms with E-state index in [4.69, 9.17) is 38.2 Å². The topological polar surface area (TPSA) is 120 Å². The van der Waals surface area contributed by atoms with Gasteiger partial charge in [-0.1, -0.05) is 85.6 Å². The van der Waals surface area contributed by atoms with Crippen molar-refractivity contribution in [3.8, 4) is 45.0 Å². The van der Waals surface area contributed by atoms with Gasteiger partial charge in [0.2, 0.25) is 45.6 Å². The van der Waals surface area contributed by atoms with Crippen LogP contribution in [0.2, 0.25) is 0 Å². The first-order valence-corrected chi connectivity index (χ1v) is 35.7. The molecule has 104 heavy (non-hydrogen) atoms. The molecule has 0 saturated carbocycles. The Bertz CT molecular complexity index is 6900. The number of fused-ring (bicyclic) bond motifs is 24. The lowest BCUT2D eigenvalue weighted by Crippen LogP contribution is -2.33. The zero-order valence-electron chi connectivity index (χ0n) is 76.6. The standard InChI is InChI=1S/C24H27N2O.2C23H23N2O.C22H21N2O/c1-14(2)11-18-13-26(6)21(12-16(18)4)22-15(3)7-9-19-20-10-8-17(5)25-24(20)27-23(19)22;2*1-13(2)9-17-12-25-11-16-6-8-18-19-7-5-15(4)24-23(19)26-22(18)21(16)20(25)10-14(17)3;1-12(2)18-9-19-20-15(11-24(19)10-13(18)3)6-8-16-17-7-5-14(4)23-22(17)25-21(16)20/h7-10,12-14H,11H2,1-6H3;2*5-8,10,12-13H,9,11H2,1-4H3;5-10,12H,11H2,1-4H3/q4*+1/i11D2;1D3,2D3,9D2,13D;;3D3,12D. The summed E-state index contributed by atoms with van der Waals surface area (Å²) in [4.78, 5) is 18.1. The van der Waals surface area contributed by atoms with E-state index in [9.17, 15) is 0 Å². The molecule has 0 atom stereocenters. The van der Waals surface area contributed by atoms with Crippen LogP contribution in [0.15, 0.2) is 164 Å². The molecule has 0 amide bonds. The van der Waals surface area contributed by atoms with Gasteiger partial charge < -0.3 is 17.7 Å². The van der Waals surface area contributed by atoms with Crippen LogP contribution in [0.5, 0.6) is 0 Å². The molecule has 0 unspecified atom stereocenters. The average molecular weight is 1390 g/mol.